The lowest BCUT2D eigenvalue weighted by Gasteiger charge is -2.41. The maximum Gasteiger partial charge on any atom is 0.310 e. The average molecular weight is 509 g/mol. The van der Waals surface area contributed by atoms with Gasteiger partial charge in [-0.2, -0.15) is 5.10 Å². The minimum absolute atomic E-state index is 0.0497. The molecular formula is C26H26F2N6O3. The minimum Gasteiger partial charge on any atom is -0.481 e. The fraction of sp³-hybridized carbons (Fsp3) is 0.346. The topological polar surface area (TPSA) is 110 Å². The molecule has 4 heterocycles. The van der Waals surface area contributed by atoms with Crippen molar-refractivity contribution in [3.05, 3.63) is 66.1 Å². The number of nitrogens with zero attached hydrogens (tertiary/aromatic N) is 6. The van der Waals surface area contributed by atoms with Crippen LogP contribution in [0.5, 0.6) is 0 Å². The molecule has 0 amide bonds. The van der Waals surface area contributed by atoms with E-state index in [1.165, 1.54) is 12.3 Å². The van der Waals surface area contributed by atoms with E-state index in [1.807, 2.05) is 13.8 Å². The van der Waals surface area contributed by atoms with E-state index in [0.717, 1.165) is 6.20 Å². The van der Waals surface area contributed by atoms with Crippen LogP contribution in [0.15, 0.2) is 53.4 Å². The van der Waals surface area contributed by atoms with Gasteiger partial charge >= 0.3 is 5.97 Å². The summed E-state index contributed by atoms with van der Waals surface area (Å²) in [5, 5.41) is 18.4. The molecule has 1 saturated heterocycles. The van der Waals surface area contributed by atoms with Gasteiger partial charge in [0.1, 0.15) is 23.5 Å². The summed E-state index contributed by atoms with van der Waals surface area (Å²) in [6.07, 6.45) is 3.27. The quantitative estimate of drug-likeness (QED) is 0.384. The first-order valence-electron chi connectivity index (χ1n) is 12.0. The van der Waals surface area contributed by atoms with Gasteiger partial charge in [-0.15, -0.1) is 0 Å². The smallest absolute Gasteiger partial charge is 0.310 e. The summed E-state index contributed by atoms with van der Waals surface area (Å²) in [5.74, 6) is -1.56. The van der Waals surface area contributed by atoms with Crippen LogP contribution in [0.4, 0.5) is 14.6 Å². The number of piperidine rings is 1. The van der Waals surface area contributed by atoms with Crippen LogP contribution >= 0.6 is 0 Å². The average Bonchev–Trinajstić information content (AvgIpc) is 3.56. The van der Waals surface area contributed by atoms with Crippen LogP contribution in [-0.4, -0.2) is 49.1 Å². The van der Waals surface area contributed by atoms with E-state index in [-0.39, 0.29) is 29.9 Å². The molecule has 1 aromatic carbocycles. The highest BCUT2D eigenvalue weighted by Crippen LogP contribution is 2.40. The van der Waals surface area contributed by atoms with E-state index in [1.54, 1.807) is 39.9 Å². The van der Waals surface area contributed by atoms with Gasteiger partial charge in [-0.3, -0.25) is 9.48 Å². The van der Waals surface area contributed by atoms with E-state index in [4.69, 9.17) is 4.52 Å². The molecule has 0 bridgehead atoms. The van der Waals surface area contributed by atoms with Gasteiger partial charge in [0.25, 0.3) is 0 Å². The molecule has 1 N–H and O–H groups in total. The molecule has 11 heteroatoms. The summed E-state index contributed by atoms with van der Waals surface area (Å²) >= 11 is 0. The Kier molecular flexibility index (Phi) is 6.45. The summed E-state index contributed by atoms with van der Waals surface area (Å²) in [7, 11) is 0. The summed E-state index contributed by atoms with van der Waals surface area (Å²) < 4.78 is 35.8. The molecule has 0 unspecified atom stereocenters. The lowest BCUT2D eigenvalue weighted by atomic mass is 9.70. The van der Waals surface area contributed by atoms with Crippen molar-refractivity contribution in [2.45, 2.75) is 33.2 Å². The van der Waals surface area contributed by atoms with Crippen molar-refractivity contribution in [3.63, 3.8) is 0 Å². The van der Waals surface area contributed by atoms with Crippen molar-refractivity contribution in [1.82, 2.24) is 24.9 Å². The molecule has 0 atom stereocenters. The Bertz CT molecular complexity index is 1410. The summed E-state index contributed by atoms with van der Waals surface area (Å²) in [5.41, 5.74) is 0.994. The van der Waals surface area contributed by atoms with E-state index < -0.39 is 17.2 Å². The van der Waals surface area contributed by atoms with Crippen molar-refractivity contribution in [2.75, 3.05) is 18.0 Å². The molecule has 1 fully saturated rings. The fourth-order valence-corrected chi connectivity index (χ4v) is 4.84. The van der Waals surface area contributed by atoms with Gasteiger partial charge in [0.2, 0.25) is 0 Å². The van der Waals surface area contributed by atoms with E-state index in [9.17, 15) is 18.7 Å². The zero-order valence-electron chi connectivity index (χ0n) is 20.4. The highest BCUT2D eigenvalue weighted by molar-refractivity contribution is 5.75. The second-order valence-electron chi connectivity index (χ2n) is 9.52. The zero-order chi connectivity index (χ0) is 26.2. The number of carboxylic acid groups (broad SMARTS) is 1. The molecular weight excluding hydrogens is 482 g/mol. The molecule has 1 aliphatic rings. The third-order valence-electron chi connectivity index (χ3n) is 7.20. The number of carbonyl (C=O) groups is 1. The van der Waals surface area contributed by atoms with Gasteiger partial charge < -0.3 is 14.5 Å². The summed E-state index contributed by atoms with van der Waals surface area (Å²) in [6.45, 7) is 4.63. The van der Waals surface area contributed by atoms with E-state index in [0.29, 0.717) is 48.6 Å². The number of aromatic nitrogens is 5. The maximum absolute atomic E-state index is 14.8. The van der Waals surface area contributed by atoms with Gasteiger partial charge in [-0.25, -0.2) is 18.7 Å². The number of carboxylic acids is 1. The Balaban J connectivity index is 1.47. The number of benzene rings is 1. The largest absolute Gasteiger partial charge is 0.481 e. The van der Waals surface area contributed by atoms with E-state index in [2.05, 4.69) is 20.2 Å². The van der Waals surface area contributed by atoms with E-state index >= 15 is 0 Å². The molecule has 37 heavy (non-hydrogen) atoms. The minimum atomic E-state index is -0.846. The highest BCUT2D eigenvalue weighted by Gasteiger charge is 2.44. The molecule has 1 aliphatic heterocycles. The number of rotatable bonds is 7. The SMILES string of the molecule is CC(C)C1(C(=O)O)CCN(c2nc(-c3cc(-c4ccon4)n(Cc4ccccc4F)n3)ncc2F)CC1. The molecule has 5 rings (SSSR count). The van der Waals surface area contributed by atoms with Gasteiger partial charge in [-0.05, 0) is 30.9 Å². The predicted octanol–water partition coefficient (Wildman–Crippen LogP) is 4.65. The third-order valence-corrected chi connectivity index (χ3v) is 7.20. The monoisotopic (exact) mass is 508 g/mol. The van der Waals surface area contributed by atoms with Crippen molar-refractivity contribution in [2.24, 2.45) is 11.3 Å². The first kappa shape index (κ1) is 24.5. The summed E-state index contributed by atoms with van der Waals surface area (Å²) in [4.78, 5) is 22.3. The number of aliphatic carboxylic acids is 1. The van der Waals surface area contributed by atoms with Crippen LogP contribution in [0.3, 0.4) is 0 Å². The van der Waals surface area contributed by atoms with Crippen LogP contribution < -0.4 is 4.90 Å². The van der Waals surface area contributed by atoms with Gasteiger partial charge in [0.05, 0.1) is 23.9 Å². The molecule has 0 spiro atoms. The van der Waals surface area contributed by atoms with Crippen molar-refractivity contribution < 1.29 is 23.2 Å². The molecule has 0 radical (unpaired) electrons. The molecule has 192 valence electrons. The van der Waals surface area contributed by atoms with Gasteiger partial charge in [0, 0.05) is 24.7 Å². The van der Waals surface area contributed by atoms with Crippen LogP contribution in [0, 0.1) is 23.0 Å². The normalized spacial score (nSPS) is 15.3. The van der Waals surface area contributed by atoms with Crippen LogP contribution in [0.25, 0.3) is 22.9 Å². The molecule has 9 nitrogen and oxygen atoms in total. The predicted molar refractivity (Wildman–Crippen MR) is 131 cm³/mol. The highest BCUT2D eigenvalue weighted by atomic mass is 19.1. The number of hydrogen-bond donors (Lipinski definition) is 1. The first-order chi connectivity index (χ1) is 17.8. The zero-order valence-corrected chi connectivity index (χ0v) is 20.4. The van der Waals surface area contributed by atoms with Gasteiger partial charge in [0.15, 0.2) is 17.5 Å². The van der Waals surface area contributed by atoms with Gasteiger partial charge in [-0.1, -0.05) is 37.2 Å². The first-order valence-corrected chi connectivity index (χ1v) is 12.0. The maximum atomic E-state index is 14.8. The Morgan fingerprint density at radius 1 is 1.14 bits per heavy atom. The number of anilines is 1. The lowest BCUT2D eigenvalue weighted by Crippen LogP contribution is -2.47. The van der Waals surface area contributed by atoms with Crippen LogP contribution in [-0.2, 0) is 11.3 Å². The molecule has 4 aromatic rings. The Labute approximate surface area is 211 Å². The van der Waals surface area contributed by atoms with Crippen molar-refractivity contribution in [3.8, 4) is 22.9 Å². The summed E-state index contributed by atoms with van der Waals surface area (Å²) in [6, 6.07) is 9.75. The fourth-order valence-electron chi connectivity index (χ4n) is 4.84. The number of hydrogen-bond acceptors (Lipinski definition) is 7. The number of halogens is 2. The molecule has 3 aromatic heterocycles. The van der Waals surface area contributed by atoms with Crippen molar-refractivity contribution >= 4 is 11.8 Å². The molecule has 0 aliphatic carbocycles. The molecule has 0 saturated carbocycles. The second kappa shape index (κ2) is 9.72. The Morgan fingerprint density at radius 3 is 2.54 bits per heavy atom. The third kappa shape index (κ3) is 4.56. The van der Waals surface area contributed by atoms with Crippen LogP contribution in [0.2, 0.25) is 0 Å². The standard InChI is InChI=1S/C26H26F2N6O3/c1-16(2)26(25(35)36)8-10-33(11-9-26)24-19(28)14-29-23(30-24)21-13-22(20-7-12-37-32-20)34(31-21)15-17-5-3-4-6-18(17)27/h3-7,12-14,16H,8-11,15H2,1-2H3,(H,35,36). The Hall–Kier alpha value is -4.15. The Morgan fingerprint density at radius 2 is 1.89 bits per heavy atom. The van der Waals surface area contributed by atoms with Crippen LogP contribution in [0.1, 0.15) is 32.3 Å². The van der Waals surface area contributed by atoms with Crippen molar-refractivity contribution in [1.29, 1.82) is 0 Å². The second-order valence-corrected chi connectivity index (χ2v) is 9.52. The lowest BCUT2D eigenvalue weighted by molar-refractivity contribution is -0.153.